The lowest BCUT2D eigenvalue weighted by molar-refractivity contribution is 1.02. The van der Waals surface area contributed by atoms with E-state index in [4.69, 9.17) is 0 Å². The minimum atomic E-state index is 0.672. The van der Waals surface area contributed by atoms with Crippen LogP contribution >= 0.6 is 15.9 Å². The fourth-order valence-electron chi connectivity index (χ4n) is 1.57. The maximum atomic E-state index is 4.61. The van der Waals surface area contributed by atoms with Gasteiger partial charge in [0.25, 0.3) is 0 Å². The highest BCUT2D eigenvalue weighted by molar-refractivity contribution is 9.10. The number of hydrogen-bond acceptors (Lipinski definition) is 2. The Kier molecular flexibility index (Phi) is 1.80. The zero-order valence-electron chi connectivity index (χ0n) is 7.57. The summed E-state index contributed by atoms with van der Waals surface area (Å²) in [6.07, 6.45) is 4.45. The Balaban J connectivity index is 2.20. The summed E-state index contributed by atoms with van der Waals surface area (Å²) in [6, 6.07) is 6.01. The molecule has 1 saturated carbocycles. The maximum absolute atomic E-state index is 4.61. The van der Waals surface area contributed by atoms with E-state index in [0.717, 1.165) is 21.2 Å². The molecule has 2 aromatic rings. The smallest absolute Gasteiger partial charge is 0.0901 e. The molecule has 3 heteroatoms. The predicted molar refractivity (Wildman–Crippen MR) is 59.2 cm³/mol. The first-order chi connectivity index (χ1) is 6.83. The van der Waals surface area contributed by atoms with Crippen LogP contribution in [0, 0.1) is 0 Å². The van der Waals surface area contributed by atoms with Crippen LogP contribution in [-0.2, 0) is 0 Å². The van der Waals surface area contributed by atoms with Crippen LogP contribution in [0.2, 0.25) is 0 Å². The molecule has 0 unspecified atom stereocenters. The van der Waals surface area contributed by atoms with Crippen LogP contribution in [0.1, 0.15) is 24.5 Å². The second-order valence-corrected chi connectivity index (χ2v) is 4.62. The number of nitrogens with zero attached hydrogens (tertiary/aromatic N) is 2. The van der Waals surface area contributed by atoms with Crippen LogP contribution in [0.15, 0.2) is 28.9 Å². The number of rotatable bonds is 1. The van der Waals surface area contributed by atoms with Crippen LogP contribution in [0.3, 0.4) is 0 Å². The van der Waals surface area contributed by atoms with Crippen molar-refractivity contribution >= 4 is 27.0 Å². The third-order valence-electron chi connectivity index (χ3n) is 2.52. The molecule has 0 N–H and O–H groups in total. The molecular weight excluding hydrogens is 240 g/mol. The second-order valence-electron chi connectivity index (χ2n) is 3.70. The van der Waals surface area contributed by atoms with Crippen molar-refractivity contribution in [2.45, 2.75) is 18.8 Å². The minimum Gasteiger partial charge on any atom is -0.253 e. The second kappa shape index (κ2) is 3.02. The third-order valence-corrected chi connectivity index (χ3v) is 3.01. The first-order valence-corrected chi connectivity index (χ1v) is 5.54. The van der Waals surface area contributed by atoms with Crippen LogP contribution in [-0.4, -0.2) is 9.97 Å². The normalized spacial score (nSPS) is 16.1. The summed E-state index contributed by atoms with van der Waals surface area (Å²) < 4.78 is 1.06. The summed E-state index contributed by atoms with van der Waals surface area (Å²) in [5.41, 5.74) is 3.11. The monoisotopic (exact) mass is 248 g/mol. The molecule has 0 saturated heterocycles. The Morgan fingerprint density at radius 1 is 1.21 bits per heavy atom. The molecule has 1 aromatic carbocycles. The zero-order chi connectivity index (χ0) is 9.54. The SMILES string of the molecule is Brc1ccc2ncc(C3CC3)nc2c1. The Hall–Kier alpha value is -0.960. The van der Waals surface area contributed by atoms with E-state index < -0.39 is 0 Å². The summed E-state index contributed by atoms with van der Waals surface area (Å²) in [5, 5.41) is 0. The fraction of sp³-hybridized carbons (Fsp3) is 0.273. The summed E-state index contributed by atoms with van der Waals surface area (Å²) in [4.78, 5) is 9.01. The number of hydrogen-bond donors (Lipinski definition) is 0. The topological polar surface area (TPSA) is 25.8 Å². The van der Waals surface area contributed by atoms with E-state index >= 15 is 0 Å². The molecule has 1 aliphatic rings. The molecule has 2 nitrogen and oxygen atoms in total. The average molecular weight is 249 g/mol. The van der Waals surface area contributed by atoms with Gasteiger partial charge >= 0.3 is 0 Å². The number of aromatic nitrogens is 2. The molecular formula is C11H9BrN2. The quantitative estimate of drug-likeness (QED) is 0.775. The van der Waals surface area contributed by atoms with Crippen molar-refractivity contribution in [1.29, 1.82) is 0 Å². The largest absolute Gasteiger partial charge is 0.253 e. The number of halogens is 1. The van der Waals surface area contributed by atoms with E-state index in [2.05, 4.69) is 25.9 Å². The molecule has 1 fully saturated rings. The minimum absolute atomic E-state index is 0.672. The molecule has 0 amide bonds. The Morgan fingerprint density at radius 2 is 2.07 bits per heavy atom. The molecule has 1 aromatic heterocycles. The van der Waals surface area contributed by atoms with Gasteiger partial charge in [0.1, 0.15) is 0 Å². The van der Waals surface area contributed by atoms with Gasteiger partial charge in [-0.25, -0.2) is 4.98 Å². The molecule has 0 radical (unpaired) electrons. The van der Waals surface area contributed by atoms with E-state index in [-0.39, 0.29) is 0 Å². The molecule has 0 aliphatic heterocycles. The Labute approximate surface area is 90.5 Å². The van der Waals surface area contributed by atoms with Crippen molar-refractivity contribution in [3.05, 3.63) is 34.6 Å². The lowest BCUT2D eigenvalue weighted by Gasteiger charge is -2.00. The third kappa shape index (κ3) is 1.42. The summed E-state index contributed by atoms with van der Waals surface area (Å²) in [5.74, 6) is 0.672. The highest BCUT2D eigenvalue weighted by Gasteiger charge is 2.25. The summed E-state index contributed by atoms with van der Waals surface area (Å²) >= 11 is 3.44. The van der Waals surface area contributed by atoms with E-state index in [1.807, 2.05) is 24.4 Å². The molecule has 0 spiro atoms. The van der Waals surface area contributed by atoms with Crippen LogP contribution < -0.4 is 0 Å². The van der Waals surface area contributed by atoms with E-state index in [1.165, 1.54) is 12.8 Å². The van der Waals surface area contributed by atoms with Crippen molar-refractivity contribution in [3.63, 3.8) is 0 Å². The van der Waals surface area contributed by atoms with Gasteiger partial charge in [0, 0.05) is 16.6 Å². The van der Waals surface area contributed by atoms with Gasteiger partial charge in [-0.15, -0.1) is 0 Å². The Bertz CT molecular complexity index is 492. The van der Waals surface area contributed by atoms with E-state index in [9.17, 15) is 0 Å². The van der Waals surface area contributed by atoms with Crippen LogP contribution in [0.4, 0.5) is 0 Å². The van der Waals surface area contributed by atoms with Gasteiger partial charge in [-0.1, -0.05) is 15.9 Å². The van der Waals surface area contributed by atoms with Gasteiger partial charge in [0.15, 0.2) is 0 Å². The number of benzene rings is 1. The van der Waals surface area contributed by atoms with Gasteiger partial charge in [0.2, 0.25) is 0 Å². The first-order valence-electron chi connectivity index (χ1n) is 4.75. The zero-order valence-corrected chi connectivity index (χ0v) is 9.16. The molecule has 3 rings (SSSR count). The molecule has 0 atom stereocenters. The van der Waals surface area contributed by atoms with E-state index in [0.29, 0.717) is 5.92 Å². The highest BCUT2D eigenvalue weighted by Crippen LogP contribution is 2.39. The van der Waals surface area contributed by atoms with Gasteiger partial charge in [0.05, 0.1) is 16.7 Å². The summed E-state index contributed by atoms with van der Waals surface area (Å²) in [7, 11) is 0. The predicted octanol–water partition coefficient (Wildman–Crippen LogP) is 3.27. The van der Waals surface area contributed by atoms with Gasteiger partial charge in [-0.2, -0.15) is 0 Å². The lowest BCUT2D eigenvalue weighted by Crippen LogP contribution is -1.90. The van der Waals surface area contributed by atoms with Crippen molar-refractivity contribution in [2.24, 2.45) is 0 Å². The first kappa shape index (κ1) is 8.36. The number of fused-ring (bicyclic) bond motifs is 1. The van der Waals surface area contributed by atoms with Crippen molar-refractivity contribution in [3.8, 4) is 0 Å². The van der Waals surface area contributed by atoms with Crippen molar-refractivity contribution in [2.75, 3.05) is 0 Å². The van der Waals surface area contributed by atoms with E-state index in [1.54, 1.807) is 0 Å². The lowest BCUT2D eigenvalue weighted by atomic mass is 10.2. The fourth-order valence-corrected chi connectivity index (χ4v) is 1.92. The van der Waals surface area contributed by atoms with Crippen molar-refractivity contribution < 1.29 is 0 Å². The van der Waals surface area contributed by atoms with Crippen LogP contribution in [0.25, 0.3) is 11.0 Å². The summed E-state index contributed by atoms with van der Waals surface area (Å²) in [6.45, 7) is 0. The maximum Gasteiger partial charge on any atom is 0.0901 e. The standard InChI is InChI=1S/C11H9BrN2/c12-8-3-4-9-10(5-8)14-11(6-13-9)7-1-2-7/h3-7H,1-2H2. The molecule has 1 heterocycles. The van der Waals surface area contributed by atoms with Gasteiger partial charge in [-0.05, 0) is 31.0 Å². The molecule has 14 heavy (non-hydrogen) atoms. The van der Waals surface area contributed by atoms with Crippen molar-refractivity contribution in [1.82, 2.24) is 9.97 Å². The van der Waals surface area contributed by atoms with Crippen LogP contribution in [0.5, 0.6) is 0 Å². The van der Waals surface area contributed by atoms with Gasteiger partial charge in [-0.3, -0.25) is 4.98 Å². The van der Waals surface area contributed by atoms with Gasteiger partial charge < -0.3 is 0 Å². The molecule has 1 aliphatic carbocycles. The molecule has 70 valence electrons. The average Bonchev–Trinajstić information content (AvgIpc) is 3.00. The molecule has 0 bridgehead atoms. The highest BCUT2D eigenvalue weighted by atomic mass is 79.9. The Morgan fingerprint density at radius 3 is 2.86 bits per heavy atom.